The first-order valence-corrected chi connectivity index (χ1v) is 11.7. The molecule has 0 bridgehead atoms. The van der Waals surface area contributed by atoms with Crippen LogP contribution in [0.1, 0.15) is 42.4 Å². The molecule has 1 saturated heterocycles. The van der Waals surface area contributed by atoms with E-state index in [-0.39, 0.29) is 36.9 Å². The molecule has 6 nitrogen and oxygen atoms in total. The summed E-state index contributed by atoms with van der Waals surface area (Å²) in [5, 5.41) is 11.9. The molecule has 1 heterocycles. The fourth-order valence-corrected chi connectivity index (χ4v) is 4.27. The highest BCUT2D eigenvalue weighted by molar-refractivity contribution is 5.84. The highest BCUT2D eigenvalue weighted by Gasteiger charge is 2.30. The lowest BCUT2D eigenvalue weighted by Crippen LogP contribution is -2.44. The standard InChI is InChI=1S/C26H28F4N2O4/c27-21-3-1-2-17(14-21)6-9-24(34)32-12-10-19(11-13-32)16-23(33)31-22(25(35)36)15-18-4-7-20(8-5-18)26(28,29)30/h1-5,7-8,14,19,22H,6,9-13,15-16H2,(H,31,33)(H,35,36). The van der Waals surface area contributed by atoms with Crippen molar-refractivity contribution in [3.05, 3.63) is 71.0 Å². The number of halogens is 4. The topological polar surface area (TPSA) is 86.7 Å². The van der Waals surface area contributed by atoms with Crippen LogP contribution < -0.4 is 5.32 Å². The Balaban J connectivity index is 1.43. The maximum atomic E-state index is 13.3. The number of carbonyl (C=O) groups is 3. The number of nitrogens with zero attached hydrogens (tertiary/aromatic N) is 1. The second kappa shape index (κ2) is 12.0. The van der Waals surface area contributed by atoms with Crippen molar-refractivity contribution in [2.24, 2.45) is 5.92 Å². The van der Waals surface area contributed by atoms with Crippen LogP contribution in [0.2, 0.25) is 0 Å². The summed E-state index contributed by atoms with van der Waals surface area (Å²) in [6.07, 6.45) is -2.64. The Bertz CT molecular complexity index is 1060. The summed E-state index contributed by atoms with van der Waals surface area (Å²) in [6, 6.07) is 9.01. The van der Waals surface area contributed by atoms with Gasteiger partial charge in [-0.25, -0.2) is 9.18 Å². The summed E-state index contributed by atoms with van der Waals surface area (Å²) in [5.41, 5.74) is 0.279. The molecule has 0 aromatic heterocycles. The number of piperidine rings is 1. The monoisotopic (exact) mass is 508 g/mol. The van der Waals surface area contributed by atoms with Crippen molar-refractivity contribution >= 4 is 17.8 Å². The number of hydrogen-bond donors (Lipinski definition) is 2. The van der Waals surface area contributed by atoms with E-state index in [4.69, 9.17) is 0 Å². The van der Waals surface area contributed by atoms with E-state index in [1.807, 2.05) is 0 Å². The van der Waals surface area contributed by atoms with E-state index in [2.05, 4.69) is 5.32 Å². The van der Waals surface area contributed by atoms with E-state index >= 15 is 0 Å². The van der Waals surface area contributed by atoms with E-state index in [0.29, 0.717) is 37.9 Å². The molecule has 1 unspecified atom stereocenters. The van der Waals surface area contributed by atoms with Gasteiger partial charge in [0.2, 0.25) is 11.8 Å². The number of benzene rings is 2. The minimum atomic E-state index is -4.49. The zero-order valence-corrected chi connectivity index (χ0v) is 19.6. The third-order valence-electron chi connectivity index (χ3n) is 6.31. The van der Waals surface area contributed by atoms with Crippen LogP contribution in [-0.4, -0.2) is 46.9 Å². The molecular weight excluding hydrogens is 480 g/mol. The molecule has 194 valence electrons. The maximum absolute atomic E-state index is 13.3. The number of nitrogens with one attached hydrogen (secondary N) is 1. The van der Waals surface area contributed by atoms with Gasteiger partial charge in [0.15, 0.2) is 0 Å². The van der Waals surface area contributed by atoms with Gasteiger partial charge in [-0.3, -0.25) is 9.59 Å². The SMILES string of the molecule is O=C(CC1CCN(C(=O)CCc2cccc(F)c2)CC1)NC(Cc1ccc(C(F)(F)F)cc1)C(=O)O. The zero-order chi connectivity index (χ0) is 26.3. The Kier molecular flexibility index (Phi) is 9.06. The molecule has 2 N–H and O–H groups in total. The molecule has 1 fully saturated rings. The van der Waals surface area contributed by atoms with Gasteiger partial charge in [0, 0.05) is 32.4 Å². The van der Waals surface area contributed by atoms with Crippen LogP contribution >= 0.6 is 0 Å². The predicted molar refractivity (Wildman–Crippen MR) is 123 cm³/mol. The fraction of sp³-hybridized carbons (Fsp3) is 0.423. The largest absolute Gasteiger partial charge is 0.480 e. The van der Waals surface area contributed by atoms with E-state index in [9.17, 15) is 37.1 Å². The molecule has 0 aliphatic carbocycles. The molecule has 2 aromatic rings. The van der Waals surface area contributed by atoms with Crippen molar-refractivity contribution < 1.29 is 37.1 Å². The van der Waals surface area contributed by atoms with Crippen LogP contribution in [0.15, 0.2) is 48.5 Å². The summed E-state index contributed by atoms with van der Waals surface area (Å²) in [6.45, 7) is 0.960. The summed E-state index contributed by atoms with van der Waals surface area (Å²) >= 11 is 0. The zero-order valence-electron chi connectivity index (χ0n) is 19.6. The Hall–Kier alpha value is -3.43. The summed E-state index contributed by atoms with van der Waals surface area (Å²) < 4.78 is 51.4. The summed E-state index contributed by atoms with van der Waals surface area (Å²) in [7, 11) is 0. The Morgan fingerprint density at radius 1 is 1.03 bits per heavy atom. The van der Waals surface area contributed by atoms with Gasteiger partial charge < -0.3 is 15.3 Å². The van der Waals surface area contributed by atoms with Crippen molar-refractivity contribution in [2.75, 3.05) is 13.1 Å². The number of alkyl halides is 3. The van der Waals surface area contributed by atoms with Crippen molar-refractivity contribution in [3.8, 4) is 0 Å². The van der Waals surface area contributed by atoms with E-state index < -0.39 is 29.7 Å². The van der Waals surface area contributed by atoms with Crippen LogP contribution in [0, 0.1) is 11.7 Å². The minimum absolute atomic E-state index is 0.0159. The number of carbonyl (C=O) groups excluding carboxylic acids is 2. The number of likely N-dealkylation sites (tertiary alicyclic amines) is 1. The second-order valence-electron chi connectivity index (χ2n) is 9.02. The number of rotatable bonds is 9. The maximum Gasteiger partial charge on any atom is 0.416 e. The van der Waals surface area contributed by atoms with E-state index in [1.54, 1.807) is 17.0 Å². The van der Waals surface area contributed by atoms with Crippen LogP contribution in [0.3, 0.4) is 0 Å². The predicted octanol–water partition coefficient (Wildman–Crippen LogP) is 4.22. The quantitative estimate of drug-likeness (QED) is 0.497. The van der Waals surface area contributed by atoms with Crippen molar-refractivity contribution in [1.82, 2.24) is 10.2 Å². The molecule has 1 aliphatic heterocycles. The average molecular weight is 509 g/mol. The molecule has 2 amide bonds. The molecule has 10 heteroatoms. The van der Waals surface area contributed by atoms with Crippen molar-refractivity contribution in [3.63, 3.8) is 0 Å². The van der Waals surface area contributed by atoms with Crippen molar-refractivity contribution in [1.29, 1.82) is 0 Å². The number of aryl methyl sites for hydroxylation is 1. The Labute approximate surface area is 206 Å². The normalized spacial score (nSPS) is 15.4. The first-order valence-electron chi connectivity index (χ1n) is 11.7. The lowest BCUT2D eigenvalue weighted by molar-refractivity contribution is -0.142. The van der Waals surface area contributed by atoms with Crippen LogP contribution in [0.5, 0.6) is 0 Å². The molecule has 2 aromatic carbocycles. The molecular formula is C26H28F4N2O4. The third kappa shape index (κ3) is 8.07. The van der Waals surface area contributed by atoms with Gasteiger partial charge in [-0.1, -0.05) is 24.3 Å². The van der Waals surface area contributed by atoms with Gasteiger partial charge >= 0.3 is 12.1 Å². The Morgan fingerprint density at radius 2 is 1.69 bits per heavy atom. The average Bonchev–Trinajstić information content (AvgIpc) is 2.82. The molecule has 1 aliphatic rings. The van der Waals surface area contributed by atoms with Gasteiger partial charge in [-0.2, -0.15) is 13.2 Å². The van der Waals surface area contributed by atoms with Gasteiger partial charge in [0.05, 0.1) is 5.56 Å². The van der Waals surface area contributed by atoms with E-state index in [0.717, 1.165) is 17.7 Å². The molecule has 36 heavy (non-hydrogen) atoms. The van der Waals surface area contributed by atoms with Crippen LogP contribution in [0.4, 0.5) is 17.6 Å². The first kappa shape index (κ1) is 27.2. The van der Waals surface area contributed by atoms with Gasteiger partial charge in [-0.15, -0.1) is 0 Å². The second-order valence-corrected chi connectivity index (χ2v) is 9.02. The number of hydrogen-bond acceptors (Lipinski definition) is 3. The molecule has 0 radical (unpaired) electrons. The Morgan fingerprint density at radius 3 is 2.28 bits per heavy atom. The number of carboxylic acid groups (broad SMARTS) is 1. The van der Waals surface area contributed by atoms with Crippen LogP contribution in [-0.2, 0) is 33.4 Å². The van der Waals surface area contributed by atoms with Gasteiger partial charge in [0.1, 0.15) is 11.9 Å². The number of amides is 2. The third-order valence-corrected chi connectivity index (χ3v) is 6.31. The number of aliphatic carboxylic acids is 1. The molecule has 1 atom stereocenters. The molecule has 0 spiro atoms. The lowest BCUT2D eigenvalue weighted by atomic mass is 9.92. The summed E-state index contributed by atoms with van der Waals surface area (Å²) in [4.78, 5) is 38.3. The van der Waals surface area contributed by atoms with Gasteiger partial charge in [-0.05, 0) is 60.6 Å². The summed E-state index contributed by atoms with van der Waals surface area (Å²) in [5.74, 6) is -2.13. The highest BCUT2D eigenvalue weighted by Crippen LogP contribution is 2.29. The molecule has 3 rings (SSSR count). The lowest BCUT2D eigenvalue weighted by Gasteiger charge is -2.32. The van der Waals surface area contributed by atoms with E-state index in [1.165, 1.54) is 24.3 Å². The van der Waals surface area contributed by atoms with Crippen molar-refractivity contribution in [2.45, 2.75) is 50.7 Å². The first-order chi connectivity index (χ1) is 17.0. The fourth-order valence-electron chi connectivity index (χ4n) is 4.27. The molecule has 0 saturated carbocycles. The number of carboxylic acids is 1. The smallest absolute Gasteiger partial charge is 0.416 e. The van der Waals surface area contributed by atoms with Gasteiger partial charge in [0.25, 0.3) is 0 Å². The minimum Gasteiger partial charge on any atom is -0.480 e. The van der Waals surface area contributed by atoms with Crippen LogP contribution in [0.25, 0.3) is 0 Å². The highest BCUT2D eigenvalue weighted by atomic mass is 19.4.